The number of aromatic nitrogens is 1. The van der Waals surface area contributed by atoms with Crippen LogP contribution in [0.2, 0.25) is 0 Å². The van der Waals surface area contributed by atoms with E-state index in [1.54, 1.807) is 7.11 Å². The fraction of sp³-hybridized carbons (Fsp3) is 0.286. The second-order valence-electron chi connectivity index (χ2n) is 6.56. The van der Waals surface area contributed by atoms with Crippen LogP contribution in [-0.2, 0) is 7.05 Å². The highest BCUT2D eigenvalue weighted by atomic mass is 16.6. The number of ether oxygens (including phenoxy) is 3. The van der Waals surface area contributed by atoms with Crippen molar-refractivity contribution in [3.63, 3.8) is 0 Å². The SMILES string of the molecule is COc1ccc2cc(C(=O)NCC[C@@H]3COc4ccccc4O3)n(C)c2c1. The first-order valence-electron chi connectivity index (χ1n) is 8.96. The molecular formula is C21H22N2O4. The van der Waals surface area contributed by atoms with Crippen molar-refractivity contribution in [1.29, 1.82) is 0 Å². The summed E-state index contributed by atoms with van der Waals surface area (Å²) in [6.07, 6.45) is 0.606. The predicted octanol–water partition coefficient (Wildman–Crippen LogP) is 3.15. The van der Waals surface area contributed by atoms with E-state index in [4.69, 9.17) is 14.2 Å². The van der Waals surface area contributed by atoms with Crippen LogP contribution in [0.5, 0.6) is 17.2 Å². The Morgan fingerprint density at radius 1 is 1.22 bits per heavy atom. The van der Waals surface area contributed by atoms with E-state index in [0.717, 1.165) is 28.2 Å². The summed E-state index contributed by atoms with van der Waals surface area (Å²) in [6, 6.07) is 15.3. The summed E-state index contributed by atoms with van der Waals surface area (Å²) < 4.78 is 18.8. The molecule has 1 aliphatic heterocycles. The van der Waals surface area contributed by atoms with Crippen LogP contribution in [0.3, 0.4) is 0 Å². The van der Waals surface area contributed by atoms with Crippen molar-refractivity contribution in [2.45, 2.75) is 12.5 Å². The Morgan fingerprint density at radius 3 is 2.85 bits per heavy atom. The number of aryl methyl sites for hydroxylation is 1. The van der Waals surface area contributed by atoms with Gasteiger partial charge in [-0.25, -0.2) is 0 Å². The van der Waals surface area contributed by atoms with Gasteiger partial charge in [0.25, 0.3) is 5.91 Å². The van der Waals surface area contributed by atoms with Crippen molar-refractivity contribution < 1.29 is 19.0 Å². The van der Waals surface area contributed by atoms with Gasteiger partial charge in [0.2, 0.25) is 0 Å². The van der Waals surface area contributed by atoms with Crippen LogP contribution in [0.25, 0.3) is 10.9 Å². The number of methoxy groups -OCH3 is 1. The zero-order chi connectivity index (χ0) is 18.8. The van der Waals surface area contributed by atoms with E-state index in [-0.39, 0.29) is 12.0 Å². The van der Waals surface area contributed by atoms with Crippen LogP contribution < -0.4 is 19.5 Å². The van der Waals surface area contributed by atoms with Gasteiger partial charge in [-0.1, -0.05) is 12.1 Å². The summed E-state index contributed by atoms with van der Waals surface area (Å²) >= 11 is 0. The number of amides is 1. The highest BCUT2D eigenvalue weighted by Crippen LogP contribution is 2.31. The molecule has 0 saturated carbocycles. The number of benzene rings is 2. The molecular weight excluding hydrogens is 344 g/mol. The molecule has 6 heteroatoms. The maximum atomic E-state index is 12.6. The van der Waals surface area contributed by atoms with Crippen molar-refractivity contribution >= 4 is 16.8 Å². The average molecular weight is 366 g/mol. The lowest BCUT2D eigenvalue weighted by Crippen LogP contribution is -2.34. The second-order valence-corrected chi connectivity index (χ2v) is 6.56. The highest BCUT2D eigenvalue weighted by Gasteiger charge is 2.21. The zero-order valence-corrected chi connectivity index (χ0v) is 15.4. The lowest BCUT2D eigenvalue weighted by atomic mass is 10.2. The van der Waals surface area contributed by atoms with Crippen LogP contribution in [0.1, 0.15) is 16.9 Å². The van der Waals surface area contributed by atoms with E-state index < -0.39 is 0 Å². The normalized spacial score (nSPS) is 15.6. The Bertz CT molecular complexity index is 979. The second kappa shape index (κ2) is 7.23. The summed E-state index contributed by atoms with van der Waals surface area (Å²) in [5.41, 5.74) is 1.57. The molecule has 0 aliphatic carbocycles. The topological polar surface area (TPSA) is 61.7 Å². The molecule has 2 heterocycles. The first-order chi connectivity index (χ1) is 13.2. The molecule has 6 nitrogen and oxygen atoms in total. The molecule has 0 spiro atoms. The molecule has 27 heavy (non-hydrogen) atoms. The monoisotopic (exact) mass is 366 g/mol. The fourth-order valence-corrected chi connectivity index (χ4v) is 3.30. The highest BCUT2D eigenvalue weighted by molar-refractivity contribution is 5.99. The third-order valence-corrected chi connectivity index (χ3v) is 4.80. The van der Waals surface area contributed by atoms with E-state index in [1.807, 2.05) is 60.1 Å². The Morgan fingerprint density at radius 2 is 2.04 bits per heavy atom. The Kier molecular flexibility index (Phi) is 4.62. The van der Waals surface area contributed by atoms with Crippen molar-refractivity contribution in [2.24, 2.45) is 7.05 Å². The van der Waals surface area contributed by atoms with Gasteiger partial charge in [0, 0.05) is 31.5 Å². The molecule has 1 atom stereocenters. The van der Waals surface area contributed by atoms with E-state index in [2.05, 4.69) is 5.32 Å². The largest absolute Gasteiger partial charge is 0.497 e. The average Bonchev–Trinajstić information content (AvgIpc) is 3.04. The predicted molar refractivity (Wildman–Crippen MR) is 103 cm³/mol. The first-order valence-corrected chi connectivity index (χ1v) is 8.96. The van der Waals surface area contributed by atoms with Gasteiger partial charge in [-0.15, -0.1) is 0 Å². The van der Waals surface area contributed by atoms with Crippen molar-refractivity contribution in [3.8, 4) is 17.2 Å². The molecule has 3 aromatic rings. The van der Waals surface area contributed by atoms with Crippen molar-refractivity contribution in [3.05, 3.63) is 54.2 Å². The molecule has 0 radical (unpaired) electrons. The Balaban J connectivity index is 1.37. The van der Waals surface area contributed by atoms with Crippen LogP contribution in [0.15, 0.2) is 48.5 Å². The molecule has 0 saturated heterocycles. The number of carbonyl (C=O) groups is 1. The van der Waals surface area contributed by atoms with Crippen LogP contribution >= 0.6 is 0 Å². The summed E-state index contributed by atoms with van der Waals surface area (Å²) in [5.74, 6) is 2.18. The summed E-state index contributed by atoms with van der Waals surface area (Å²) in [6.45, 7) is 1.00. The van der Waals surface area contributed by atoms with E-state index in [9.17, 15) is 4.79 Å². The number of hydrogen-bond acceptors (Lipinski definition) is 4. The number of rotatable bonds is 5. The number of para-hydroxylation sites is 2. The number of nitrogens with one attached hydrogen (secondary N) is 1. The molecule has 0 fully saturated rings. The smallest absolute Gasteiger partial charge is 0.267 e. The van der Waals surface area contributed by atoms with Gasteiger partial charge in [-0.2, -0.15) is 0 Å². The number of carbonyl (C=O) groups excluding carboxylic acids is 1. The third-order valence-electron chi connectivity index (χ3n) is 4.80. The maximum absolute atomic E-state index is 12.6. The zero-order valence-electron chi connectivity index (χ0n) is 15.4. The van der Waals surface area contributed by atoms with Gasteiger partial charge in [0.1, 0.15) is 24.2 Å². The third kappa shape index (κ3) is 3.43. The van der Waals surface area contributed by atoms with E-state index in [1.165, 1.54) is 0 Å². The van der Waals surface area contributed by atoms with Crippen molar-refractivity contribution in [2.75, 3.05) is 20.3 Å². The fourth-order valence-electron chi connectivity index (χ4n) is 3.30. The lowest BCUT2D eigenvalue weighted by Gasteiger charge is -2.26. The van der Waals surface area contributed by atoms with Gasteiger partial charge in [-0.05, 0) is 30.3 Å². The van der Waals surface area contributed by atoms with Gasteiger partial charge >= 0.3 is 0 Å². The quantitative estimate of drug-likeness (QED) is 0.754. The van der Waals surface area contributed by atoms with E-state index >= 15 is 0 Å². The number of nitrogens with zero attached hydrogens (tertiary/aromatic N) is 1. The lowest BCUT2D eigenvalue weighted by molar-refractivity contribution is 0.0810. The van der Waals surface area contributed by atoms with Crippen LogP contribution in [0, 0.1) is 0 Å². The molecule has 1 amide bonds. The van der Waals surface area contributed by atoms with Crippen LogP contribution in [-0.4, -0.2) is 36.8 Å². The first kappa shape index (κ1) is 17.3. The summed E-state index contributed by atoms with van der Waals surface area (Å²) in [7, 11) is 3.51. The number of hydrogen-bond donors (Lipinski definition) is 1. The molecule has 140 valence electrons. The Hall–Kier alpha value is -3.15. The standard InChI is InChI=1S/C21H22N2O4/c1-23-17-12-15(25-2)8-7-14(17)11-18(23)21(24)22-10-9-16-13-26-19-5-3-4-6-20(19)27-16/h3-8,11-12,16H,9-10,13H2,1-2H3,(H,22,24)/t16-/m1/s1. The summed E-state index contributed by atoms with van der Waals surface area (Å²) in [5, 5.41) is 3.98. The summed E-state index contributed by atoms with van der Waals surface area (Å²) in [4.78, 5) is 12.6. The molecule has 0 bridgehead atoms. The van der Waals surface area contributed by atoms with Gasteiger partial charge in [0.05, 0.1) is 12.6 Å². The molecule has 1 aliphatic rings. The Labute approximate surface area is 157 Å². The number of fused-ring (bicyclic) bond motifs is 2. The molecule has 1 N–H and O–H groups in total. The van der Waals surface area contributed by atoms with Gasteiger partial charge in [-0.3, -0.25) is 4.79 Å². The van der Waals surface area contributed by atoms with Crippen LogP contribution in [0.4, 0.5) is 0 Å². The minimum Gasteiger partial charge on any atom is -0.497 e. The minimum atomic E-state index is -0.107. The molecule has 0 unspecified atom stereocenters. The van der Waals surface area contributed by atoms with E-state index in [0.29, 0.717) is 25.3 Å². The molecule has 1 aromatic heterocycles. The van der Waals surface area contributed by atoms with Gasteiger partial charge < -0.3 is 24.1 Å². The maximum Gasteiger partial charge on any atom is 0.267 e. The minimum absolute atomic E-state index is 0.0723. The van der Waals surface area contributed by atoms with Crippen molar-refractivity contribution in [1.82, 2.24) is 9.88 Å². The van der Waals surface area contributed by atoms with Gasteiger partial charge in [0.15, 0.2) is 11.5 Å². The molecule has 2 aromatic carbocycles. The molecule has 4 rings (SSSR count).